The summed E-state index contributed by atoms with van der Waals surface area (Å²) in [7, 11) is 0. The average molecular weight is 303 g/mol. The largest absolute Gasteiger partial charge is 2.00 e. The van der Waals surface area contributed by atoms with Crippen LogP contribution in [-0.4, -0.2) is 43.1 Å². The Kier molecular flexibility index (Phi) is 31.6. The van der Waals surface area contributed by atoms with Gasteiger partial charge in [0.1, 0.15) is 6.79 Å². The molecule has 0 atom stereocenters. The van der Waals surface area contributed by atoms with Gasteiger partial charge in [0.05, 0.1) is 0 Å². The van der Waals surface area contributed by atoms with E-state index >= 15 is 0 Å². The summed E-state index contributed by atoms with van der Waals surface area (Å²) in [6, 6.07) is 0. The molecule has 0 aliphatic rings. The maximum absolute atomic E-state index is 5.41. The summed E-state index contributed by atoms with van der Waals surface area (Å²) in [5.74, 6) is 0. The summed E-state index contributed by atoms with van der Waals surface area (Å²) in [5.41, 5.74) is 0. The second kappa shape index (κ2) is 24.0. The Morgan fingerprint density at radius 2 is 1.32 bits per heavy atom. The molecule has 0 saturated carbocycles. The van der Waals surface area contributed by atoms with Crippen molar-refractivity contribution in [3.63, 3.8) is 0 Å². The molecule has 0 aromatic rings. The van der Waals surface area contributed by atoms with E-state index in [0.717, 1.165) is 26.1 Å². The van der Waals surface area contributed by atoms with E-state index in [1.165, 1.54) is 44.9 Å². The zero-order valence-corrected chi connectivity index (χ0v) is 15.1. The molecule has 0 radical (unpaired) electrons. The van der Waals surface area contributed by atoms with Crippen LogP contribution in [-0.2, 0) is 9.47 Å². The number of rotatable bonds is 14. The quantitative estimate of drug-likeness (QED) is 0.209. The fourth-order valence-corrected chi connectivity index (χ4v) is 1.73. The van der Waals surface area contributed by atoms with Gasteiger partial charge in [0.25, 0.3) is 0 Å². The minimum atomic E-state index is 0. The van der Waals surface area contributed by atoms with Crippen molar-refractivity contribution in [1.82, 2.24) is 0 Å². The first-order valence-corrected chi connectivity index (χ1v) is 7.35. The molecule has 0 fully saturated rings. The van der Waals surface area contributed by atoms with Crippen LogP contribution in [0.25, 0.3) is 0 Å². The Labute approximate surface area is 142 Å². The molecule has 0 N–H and O–H groups in total. The molecule has 0 rings (SSSR count). The molecule has 0 spiro atoms. The summed E-state index contributed by atoms with van der Waals surface area (Å²) in [6.45, 7) is 6.48. The number of ether oxygens (including phenoxy) is 2. The smallest absolute Gasteiger partial charge is 1.00 e. The first kappa shape index (κ1) is 25.0. The monoisotopic (exact) mass is 302 g/mol. The van der Waals surface area contributed by atoms with Gasteiger partial charge in [0.2, 0.25) is 0 Å². The van der Waals surface area contributed by atoms with Crippen LogP contribution >= 0.6 is 0 Å². The fraction of sp³-hybridized carbons (Fsp3) is 0.933. The Bertz CT molecular complexity index is 123. The van der Waals surface area contributed by atoms with Gasteiger partial charge in [0, 0.05) is 13.2 Å². The van der Waals surface area contributed by atoms with Gasteiger partial charge in [-0.1, -0.05) is 51.9 Å². The summed E-state index contributed by atoms with van der Waals surface area (Å²) >= 11 is 0. The Hall–Kier alpha value is 0.976. The minimum Gasteiger partial charge on any atom is -1.00 e. The Morgan fingerprint density at radius 1 is 0.789 bits per heavy atom. The normalized spacial score (nSPS) is 9.79. The molecule has 19 heavy (non-hydrogen) atoms. The second-order valence-corrected chi connectivity index (χ2v) is 4.61. The van der Waals surface area contributed by atoms with E-state index in [2.05, 4.69) is 20.3 Å². The van der Waals surface area contributed by atoms with Crippen LogP contribution in [0.1, 0.15) is 71.6 Å². The molecular weight excluding hydrogens is 272 g/mol. The molecule has 0 aliphatic heterocycles. The molecule has 0 amide bonds. The number of unbranched alkanes of at least 4 members (excludes halogenated alkanes) is 8. The third-order valence-electron chi connectivity index (χ3n) is 2.84. The van der Waals surface area contributed by atoms with Gasteiger partial charge >= 0.3 is 23.1 Å². The molecule has 0 aliphatic carbocycles. The SMILES string of the molecule is C[CH-]CCCOCOCCCCCCCCC.[Cl-].[Mg+2]. The maximum atomic E-state index is 5.41. The van der Waals surface area contributed by atoms with Crippen LogP contribution in [0.15, 0.2) is 0 Å². The van der Waals surface area contributed by atoms with Crippen LogP contribution in [0.3, 0.4) is 0 Å². The zero-order valence-electron chi connectivity index (χ0n) is 13.0. The zero-order chi connectivity index (χ0) is 12.6. The number of hydrogen-bond donors (Lipinski definition) is 0. The summed E-state index contributed by atoms with van der Waals surface area (Å²) < 4.78 is 10.8. The molecule has 112 valence electrons. The Balaban J connectivity index is -0.00000128. The Morgan fingerprint density at radius 3 is 1.89 bits per heavy atom. The van der Waals surface area contributed by atoms with Crippen LogP contribution in [0.4, 0.5) is 0 Å². The van der Waals surface area contributed by atoms with E-state index in [0.29, 0.717) is 6.79 Å². The standard InChI is InChI=1S/C15H31O2.ClH.Mg/c1-3-5-7-8-9-10-12-14-17-15-16-13-11-6-4-2;;/h4H,3,5-15H2,1-2H3;1H;/q-1;;+2/p-1. The summed E-state index contributed by atoms with van der Waals surface area (Å²) in [6.07, 6.45) is 13.8. The van der Waals surface area contributed by atoms with Crippen molar-refractivity contribution in [3.8, 4) is 0 Å². The van der Waals surface area contributed by atoms with Crippen molar-refractivity contribution in [2.24, 2.45) is 0 Å². The maximum Gasteiger partial charge on any atom is 2.00 e. The van der Waals surface area contributed by atoms with Crippen molar-refractivity contribution < 1.29 is 21.9 Å². The van der Waals surface area contributed by atoms with Gasteiger partial charge in [0.15, 0.2) is 0 Å². The molecule has 0 heterocycles. The number of hydrogen-bond acceptors (Lipinski definition) is 2. The van der Waals surface area contributed by atoms with Crippen LogP contribution in [0.5, 0.6) is 0 Å². The van der Waals surface area contributed by atoms with E-state index < -0.39 is 0 Å². The molecule has 0 unspecified atom stereocenters. The number of halogens is 1. The van der Waals surface area contributed by atoms with Crippen molar-refractivity contribution in [2.45, 2.75) is 71.6 Å². The van der Waals surface area contributed by atoms with Gasteiger partial charge in [-0.05, 0) is 6.42 Å². The molecule has 0 bridgehead atoms. The summed E-state index contributed by atoms with van der Waals surface area (Å²) in [5, 5.41) is 0. The molecule has 2 nitrogen and oxygen atoms in total. The predicted molar refractivity (Wildman–Crippen MR) is 79.7 cm³/mol. The van der Waals surface area contributed by atoms with E-state index in [4.69, 9.17) is 9.47 Å². The molecule has 0 aromatic carbocycles. The molecular formula is C15H31ClMgO2. The fourth-order valence-electron chi connectivity index (χ4n) is 1.73. The first-order valence-electron chi connectivity index (χ1n) is 7.35. The van der Waals surface area contributed by atoms with E-state index in [1.807, 2.05) is 0 Å². The third kappa shape index (κ3) is 24.4. The van der Waals surface area contributed by atoms with E-state index in [-0.39, 0.29) is 35.5 Å². The van der Waals surface area contributed by atoms with Crippen molar-refractivity contribution in [2.75, 3.05) is 20.0 Å². The van der Waals surface area contributed by atoms with Crippen LogP contribution in [0.2, 0.25) is 0 Å². The van der Waals surface area contributed by atoms with Gasteiger partial charge in [-0.3, -0.25) is 0 Å². The average Bonchev–Trinajstić information content (AvgIpc) is 2.35. The van der Waals surface area contributed by atoms with Gasteiger partial charge < -0.3 is 28.3 Å². The van der Waals surface area contributed by atoms with Gasteiger partial charge in [-0.25, -0.2) is 0 Å². The third-order valence-corrected chi connectivity index (χ3v) is 2.84. The van der Waals surface area contributed by atoms with E-state index in [9.17, 15) is 0 Å². The molecule has 0 saturated heterocycles. The van der Waals surface area contributed by atoms with E-state index in [1.54, 1.807) is 0 Å². The van der Waals surface area contributed by atoms with Crippen molar-refractivity contribution in [3.05, 3.63) is 6.42 Å². The van der Waals surface area contributed by atoms with Gasteiger partial charge in [-0.2, -0.15) is 13.3 Å². The second-order valence-electron chi connectivity index (χ2n) is 4.61. The van der Waals surface area contributed by atoms with Crippen LogP contribution < -0.4 is 12.4 Å². The first-order chi connectivity index (χ1) is 8.41. The molecule has 4 heteroatoms. The van der Waals surface area contributed by atoms with Gasteiger partial charge in [-0.15, -0.1) is 0 Å². The summed E-state index contributed by atoms with van der Waals surface area (Å²) in [4.78, 5) is 0. The topological polar surface area (TPSA) is 18.5 Å². The minimum absolute atomic E-state index is 0. The van der Waals surface area contributed by atoms with Crippen molar-refractivity contribution in [1.29, 1.82) is 0 Å². The van der Waals surface area contributed by atoms with Crippen LogP contribution in [0, 0.1) is 6.42 Å². The predicted octanol–water partition coefficient (Wildman–Crippen LogP) is 1.36. The molecule has 0 aromatic heterocycles. The van der Waals surface area contributed by atoms with Crippen molar-refractivity contribution >= 4 is 23.1 Å².